The van der Waals surface area contributed by atoms with Crippen LogP contribution in [0.5, 0.6) is 17.2 Å². The summed E-state index contributed by atoms with van der Waals surface area (Å²) < 4.78 is 21.3. The van der Waals surface area contributed by atoms with Crippen LogP contribution in [-0.2, 0) is 14.3 Å². The Labute approximate surface area is 169 Å². The number of aliphatic imine (C=N–C) groups is 1. The standard InChI is InChI=1S/C20H16BrNO6/c1-11(23)27-18-15(21)8-12(10-17(18)26-3)9-16-20(24)28-19(22-16)13-4-6-14(25-2)7-5-13/h4-10H,1-3H3. The second-order valence-corrected chi connectivity index (χ2v) is 6.55. The molecule has 0 atom stereocenters. The zero-order valence-corrected chi connectivity index (χ0v) is 16.9. The lowest BCUT2D eigenvalue weighted by Gasteiger charge is -2.11. The van der Waals surface area contributed by atoms with Crippen molar-refractivity contribution in [2.75, 3.05) is 14.2 Å². The second-order valence-electron chi connectivity index (χ2n) is 5.69. The second kappa shape index (κ2) is 8.26. The van der Waals surface area contributed by atoms with E-state index < -0.39 is 11.9 Å². The van der Waals surface area contributed by atoms with Crippen molar-refractivity contribution >= 4 is 39.8 Å². The Bertz CT molecular complexity index is 995. The van der Waals surface area contributed by atoms with Gasteiger partial charge in [0.05, 0.1) is 18.7 Å². The van der Waals surface area contributed by atoms with E-state index in [0.29, 0.717) is 27.1 Å². The highest BCUT2D eigenvalue weighted by molar-refractivity contribution is 9.10. The summed E-state index contributed by atoms with van der Waals surface area (Å²) in [5.41, 5.74) is 1.41. The van der Waals surface area contributed by atoms with Gasteiger partial charge in [-0.15, -0.1) is 0 Å². The van der Waals surface area contributed by atoms with Gasteiger partial charge in [0.15, 0.2) is 17.2 Å². The molecule has 1 heterocycles. The quantitative estimate of drug-likeness (QED) is 0.396. The largest absolute Gasteiger partial charge is 0.497 e. The molecule has 0 N–H and O–H groups in total. The van der Waals surface area contributed by atoms with Crippen LogP contribution in [0.3, 0.4) is 0 Å². The van der Waals surface area contributed by atoms with Crippen molar-refractivity contribution in [1.29, 1.82) is 0 Å². The number of methoxy groups -OCH3 is 2. The van der Waals surface area contributed by atoms with Crippen molar-refractivity contribution in [3.05, 3.63) is 57.7 Å². The van der Waals surface area contributed by atoms with E-state index >= 15 is 0 Å². The summed E-state index contributed by atoms with van der Waals surface area (Å²) in [5, 5.41) is 0. The number of esters is 2. The molecule has 0 saturated carbocycles. The van der Waals surface area contributed by atoms with Gasteiger partial charge in [-0.25, -0.2) is 9.79 Å². The minimum Gasteiger partial charge on any atom is -0.497 e. The minimum absolute atomic E-state index is 0.139. The van der Waals surface area contributed by atoms with Gasteiger partial charge in [0, 0.05) is 12.5 Å². The lowest BCUT2D eigenvalue weighted by atomic mass is 10.1. The Balaban J connectivity index is 1.93. The Morgan fingerprint density at radius 3 is 2.46 bits per heavy atom. The van der Waals surface area contributed by atoms with Crippen LogP contribution in [0.4, 0.5) is 0 Å². The fraction of sp³-hybridized carbons (Fsp3) is 0.150. The highest BCUT2D eigenvalue weighted by Gasteiger charge is 2.24. The molecule has 8 heteroatoms. The molecule has 0 amide bonds. The van der Waals surface area contributed by atoms with Gasteiger partial charge in [-0.2, -0.15) is 0 Å². The monoisotopic (exact) mass is 445 g/mol. The molecule has 2 aromatic carbocycles. The van der Waals surface area contributed by atoms with Crippen molar-refractivity contribution in [3.8, 4) is 17.2 Å². The van der Waals surface area contributed by atoms with E-state index in [1.165, 1.54) is 14.0 Å². The maximum Gasteiger partial charge on any atom is 0.363 e. The first-order valence-electron chi connectivity index (χ1n) is 8.14. The third-order valence-electron chi connectivity index (χ3n) is 3.76. The molecule has 0 aromatic heterocycles. The van der Waals surface area contributed by atoms with Crippen LogP contribution >= 0.6 is 15.9 Å². The number of cyclic esters (lactones) is 1. The van der Waals surface area contributed by atoms with Crippen molar-refractivity contribution < 1.29 is 28.5 Å². The predicted molar refractivity (Wildman–Crippen MR) is 106 cm³/mol. The summed E-state index contributed by atoms with van der Waals surface area (Å²) in [6, 6.07) is 10.3. The molecule has 2 aromatic rings. The van der Waals surface area contributed by atoms with Crippen molar-refractivity contribution in [2.45, 2.75) is 6.92 Å². The number of nitrogens with zero attached hydrogens (tertiary/aromatic N) is 1. The van der Waals surface area contributed by atoms with Gasteiger partial charge >= 0.3 is 11.9 Å². The molecule has 0 aliphatic carbocycles. The van der Waals surface area contributed by atoms with E-state index in [9.17, 15) is 9.59 Å². The molecule has 0 unspecified atom stereocenters. The first-order valence-corrected chi connectivity index (χ1v) is 8.93. The topological polar surface area (TPSA) is 83.4 Å². The van der Waals surface area contributed by atoms with Crippen LogP contribution in [0.25, 0.3) is 6.08 Å². The molecular formula is C20H16BrNO6. The number of ether oxygens (including phenoxy) is 4. The van der Waals surface area contributed by atoms with E-state index in [1.54, 1.807) is 49.6 Å². The number of hydrogen-bond donors (Lipinski definition) is 0. The summed E-state index contributed by atoms with van der Waals surface area (Å²) in [6.45, 7) is 1.30. The van der Waals surface area contributed by atoms with Crippen LogP contribution in [-0.4, -0.2) is 32.1 Å². The predicted octanol–water partition coefficient (Wildman–Crippen LogP) is 3.74. The molecule has 0 saturated heterocycles. The molecule has 7 nitrogen and oxygen atoms in total. The molecule has 1 aliphatic rings. The van der Waals surface area contributed by atoms with E-state index in [2.05, 4.69) is 20.9 Å². The first kappa shape index (κ1) is 19.6. The van der Waals surface area contributed by atoms with Crippen LogP contribution in [0.1, 0.15) is 18.1 Å². The highest BCUT2D eigenvalue weighted by Crippen LogP contribution is 2.37. The molecule has 0 bridgehead atoms. The SMILES string of the molecule is COc1ccc(C2=NC(=Cc3cc(Br)c(OC(C)=O)c(OC)c3)C(=O)O2)cc1. The van der Waals surface area contributed by atoms with Crippen LogP contribution in [0.2, 0.25) is 0 Å². The van der Waals surface area contributed by atoms with E-state index in [-0.39, 0.29) is 17.3 Å². The Morgan fingerprint density at radius 2 is 1.86 bits per heavy atom. The average molecular weight is 446 g/mol. The number of rotatable bonds is 5. The van der Waals surface area contributed by atoms with Gasteiger partial charge in [-0.1, -0.05) is 0 Å². The number of hydrogen-bond acceptors (Lipinski definition) is 7. The summed E-state index contributed by atoms with van der Waals surface area (Å²) >= 11 is 3.34. The molecule has 0 radical (unpaired) electrons. The number of carbonyl (C=O) groups is 2. The van der Waals surface area contributed by atoms with Crippen LogP contribution < -0.4 is 14.2 Å². The van der Waals surface area contributed by atoms with Gasteiger partial charge in [0.25, 0.3) is 0 Å². The summed E-state index contributed by atoms with van der Waals surface area (Å²) in [4.78, 5) is 27.7. The van der Waals surface area contributed by atoms with Gasteiger partial charge in [-0.05, 0) is 64.0 Å². The first-order chi connectivity index (χ1) is 13.4. The number of benzene rings is 2. The number of halogens is 1. The molecule has 144 valence electrons. The van der Waals surface area contributed by atoms with Gasteiger partial charge in [0.1, 0.15) is 5.75 Å². The van der Waals surface area contributed by atoms with Crippen LogP contribution in [0, 0.1) is 0 Å². The maximum atomic E-state index is 12.2. The molecular weight excluding hydrogens is 430 g/mol. The highest BCUT2D eigenvalue weighted by atomic mass is 79.9. The normalized spacial score (nSPS) is 14.5. The fourth-order valence-electron chi connectivity index (χ4n) is 2.49. The summed E-state index contributed by atoms with van der Waals surface area (Å²) in [5.74, 6) is 0.453. The average Bonchev–Trinajstić information content (AvgIpc) is 3.04. The maximum absolute atomic E-state index is 12.2. The summed E-state index contributed by atoms with van der Waals surface area (Å²) in [7, 11) is 3.03. The van der Waals surface area contributed by atoms with E-state index in [0.717, 1.165) is 0 Å². The number of carbonyl (C=O) groups excluding carboxylic acids is 2. The Kier molecular flexibility index (Phi) is 5.79. The van der Waals surface area contributed by atoms with Crippen LogP contribution in [0.15, 0.2) is 51.6 Å². The molecule has 3 rings (SSSR count). The molecule has 0 spiro atoms. The Hall–Kier alpha value is -3.13. The molecule has 0 fully saturated rings. The zero-order chi connectivity index (χ0) is 20.3. The lowest BCUT2D eigenvalue weighted by molar-refractivity contribution is -0.132. The zero-order valence-electron chi connectivity index (χ0n) is 15.3. The molecule has 1 aliphatic heterocycles. The van der Waals surface area contributed by atoms with E-state index in [4.69, 9.17) is 18.9 Å². The van der Waals surface area contributed by atoms with Crippen molar-refractivity contribution in [2.24, 2.45) is 4.99 Å². The minimum atomic E-state index is -0.565. The third-order valence-corrected chi connectivity index (χ3v) is 4.35. The molecule has 28 heavy (non-hydrogen) atoms. The summed E-state index contributed by atoms with van der Waals surface area (Å²) in [6.07, 6.45) is 1.56. The van der Waals surface area contributed by atoms with E-state index in [1.807, 2.05) is 0 Å². The Morgan fingerprint density at radius 1 is 1.14 bits per heavy atom. The van der Waals surface area contributed by atoms with Crippen molar-refractivity contribution in [3.63, 3.8) is 0 Å². The van der Waals surface area contributed by atoms with Gasteiger partial charge in [-0.3, -0.25) is 4.79 Å². The fourth-order valence-corrected chi connectivity index (χ4v) is 3.03. The lowest BCUT2D eigenvalue weighted by Crippen LogP contribution is -2.05. The third kappa shape index (κ3) is 4.23. The smallest absolute Gasteiger partial charge is 0.363 e. The van der Waals surface area contributed by atoms with Gasteiger partial charge < -0.3 is 18.9 Å². The van der Waals surface area contributed by atoms with Crippen molar-refractivity contribution in [1.82, 2.24) is 0 Å². The van der Waals surface area contributed by atoms with Gasteiger partial charge in [0.2, 0.25) is 5.90 Å².